The second-order valence-electron chi connectivity index (χ2n) is 5.49. The Bertz CT molecular complexity index is 524. The Morgan fingerprint density at radius 2 is 1.80 bits per heavy atom. The predicted molar refractivity (Wildman–Crippen MR) is 76.3 cm³/mol. The number of hydrogen-bond acceptors (Lipinski definition) is 2. The molecule has 0 spiro atoms. The van der Waals surface area contributed by atoms with Gasteiger partial charge in [0.1, 0.15) is 5.82 Å². The van der Waals surface area contributed by atoms with Gasteiger partial charge in [-0.25, -0.2) is 18.9 Å². The zero-order chi connectivity index (χ0) is 15.5. The van der Waals surface area contributed by atoms with Crippen molar-refractivity contribution >= 4 is 17.7 Å². The maximum atomic E-state index is 13.7. The highest BCUT2D eigenvalue weighted by molar-refractivity contribution is 6.00. The van der Waals surface area contributed by atoms with E-state index in [0.29, 0.717) is 0 Å². The number of hydrogen-bond donors (Lipinski definition) is 2. The Balaban J connectivity index is 2.98. The summed E-state index contributed by atoms with van der Waals surface area (Å²) in [7, 11) is 2.71. The minimum absolute atomic E-state index is 0.0539. The van der Waals surface area contributed by atoms with E-state index in [4.69, 9.17) is 0 Å². The molecule has 1 aromatic carbocycles. The van der Waals surface area contributed by atoms with E-state index in [1.807, 2.05) is 20.8 Å². The van der Waals surface area contributed by atoms with Crippen LogP contribution >= 0.6 is 0 Å². The standard InChI is InChI=1S/C14H20FN3O2/c1-14(2,3)9-6-7-10(15)11(8-9)17-13(20)18(5)12(19)16-4/h6-8H,1-5H3,(H,16,19)(H,17,20). The highest BCUT2D eigenvalue weighted by Gasteiger charge is 2.19. The van der Waals surface area contributed by atoms with Gasteiger partial charge in [-0.2, -0.15) is 0 Å². The van der Waals surface area contributed by atoms with E-state index >= 15 is 0 Å². The molecule has 4 amide bonds. The highest BCUT2D eigenvalue weighted by Crippen LogP contribution is 2.26. The molecular formula is C14H20FN3O2. The molecule has 0 aliphatic heterocycles. The molecule has 0 unspecified atom stereocenters. The molecule has 0 aliphatic rings. The molecule has 5 nitrogen and oxygen atoms in total. The molecule has 0 saturated heterocycles. The molecule has 0 bridgehead atoms. The number of carbonyl (C=O) groups excluding carboxylic acids is 2. The second-order valence-corrected chi connectivity index (χ2v) is 5.49. The maximum Gasteiger partial charge on any atom is 0.329 e. The van der Waals surface area contributed by atoms with Crippen molar-refractivity contribution in [1.82, 2.24) is 10.2 Å². The van der Waals surface area contributed by atoms with Gasteiger partial charge >= 0.3 is 12.1 Å². The summed E-state index contributed by atoms with van der Waals surface area (Å²) in [4.78, 5) is 24.0. The Labute approximate surface area is 118 Å². The summed E-state index contributed by atoms with van der Waals surface area (Å²) >= 11 is 0. The molecule has 0 atom stereocenters. The van der Waals surface area contributed by atoms with Crippen LogP contribution in [0.5, 0.6) is 0 Å². The topological polar surface area (TPSA) is 61.4 Å². The number of urea groups is 2. The lowest BCUT2D eigenvalue weighted by Gasteiger charge is -2.21. The van der Waals surface area contributed by atoms with Crippen molar-refractivity contribution in [3.63, 3.8) is 0 Å². The molecule has 20 heavy (non-hydrogen) atoms. The molecule has 1 aromatic rings. The van der Waals surface area contributed by atoms with Crippen LogP contribution in [0.3, 0.4) is 0 Å². The van der Waals surface area contributed by atoms with Crippen molar-refractivity contribution in [2.24, 2.45) is 0 Å². The van der Waals surface area contributed by atoms with Gasteiger partial charge in [-0.1, -0.05) is 26.8 Å². The van der Waals surface area contributed by atoms with Crippen LogP contribution in [-0.2, 0) is 5.41 Å². The van der Waals surface area contributed by atoms with Crippen molar-refractivity contribution in [1.29, 1.82) is 0 Å². The molecule has 0 aliphatic carbocycles. The first kappa shape index (κ1) is 15.9. The molecule has 110 valence electrons. The van der Waals surface area contributed by atoms with Gasteiger partial charge < -0.3 is 10.6 Å². The molecule has 6 heteroatoms. The normalized spacial score (nSPS) is 10.9. The van der Waals surface area contributed by atoms with E-state index in [1.54, 1.807) is 12.1 Å². The average molecular weight is 281 g/mol. The lowest BCUT2D eigenvalue weighted by atomic mass is 9.87. The van der Waals surface area contributed by atoms with Crippen LogP contribution in [-0.4, -0.2) is 31.1 Å². The van der Waals surface area contributed by atoms with E-state index in [9.17, 15) is 14.0 Å². The van der Waals surface area contributed by atoms with Crippen molar-refractivity contribution < 1.29 is 14.0 Å². The van der Waals surface area contributed by atoms with Gasteiger partial charge in [-0.15, -0.1) is 0 Å². The average Bonchev–Trinajstić information content (AvgIpc) is 2.38. The first-order chi connectivity index (χ1) is 9.16. The van der Waals surface area contributed by atoms with E-state index in [0.717, 1.165) is 10.5 Å². The lowest BCUT2D eigenvalue weighted by molar-refractivity contribution is 0.203. The molecule has 2 N–H and O–H groups in total. The molecule has 0 fully saturated rings. The molecular weight excluding hydrogens is 261 g/mol. The van der Waals surface area contributed by atoms with Gasteiger partial charge in [0.05, 0.1) is 5.69 Å². The van der Waals surface area contributed by atoms with Gasteiger partial charge in [-0.3, -0.25) is 0 Å². The van der Waals surface area contributed by atoms with E-state index in [-0.39, 0.29) is 11.1 Å². The van der Waals surface area contributed by atoms with Crippen LogP contribution in [0.1, 0.15) is 26.3 Å². The van der Waals surface area contributed by atoms with Crippen molar-refractivity contribution in [3.8, 4) is 0 Å². The monoisotopic (exact) mass is 281 g/mol. The van der Waals surface area contributed by atoms with Gasteiger partial charge in [-0.05, 0) is 23.1 Å². The largest absolute Gasteiger partial charge is 0.341 e. The van der Waals surface area contributed by atoms with Crippen LogP contribution in [0.2, 0.25) is 0 Å². The molecule has 0 radical (unpaired) electrons. The van der Waals surface area contributed by atoms with E-state index in [1.165, 1.54) is 20.2 Å². The Kier molecular flexibility index (Phi) is 4.70. The fourth-order valence-electron chi connectivity index (χ4n) is 1.55. The number of halogens is 1. The molecule has 0 saturated carbocycles. The predicted octanol–water partition coefficient (Wildman–Crippen LogP) is 2.93. The van der Waals surface area contributed by atoms with Crippen LogP contribution in [0.15, 0.2) is 18.2 Å². The number of nitrogens with zero attached hydrogens (tertiary/aromatic N) is 1. The summed E-state index contributed by atoms with van der Waals surface area (Å²) in [5.41, 5.74) is 0.773. The van der Waals surface area contributed by atoms with Gasteiger partial charge in [0.15, 0.2) is 0 Å². The summed E-state index contributed by atoms with van der Waals surface area (Å²) in [6.45, 7) is 5.97. The molecule has 0 heterocycles. The minimum Gasteiger partial charge on any atom is -0.341 e. The lowest BCUT2D eigenvalue weighted by Crippen LogP contribution is -2.41. The van der Waals surface area contributed by atoms with Crippen molar-refractivity contribution in [2.45, 2.75) is 26.2 Å². The fourth-order valence-corrected chi connectivity index (χ4v) is 1.55. The van der Waals surface area contributed by atoms with Crippen molar-refractivity contribution in [2.75, 3.05) is 19.4 Å². The van der Waals surface area contributed by atoms with Gasteiger partial charge in [0.25, 0.3) is 0 Å². The smallest absolute Gasteiger partial charge is 0.329 e. The maximum absolute atomic E-state index is 13.7. The summed E-state index contributed by atoms with van der Waals surface area (Å²) in [5.74, 6) is -0.545. The minimum atomic E-state index is -0.700. The third kappa shape index (κ3) is 3.69. The summed E-state index contributed by atoms with van der Waals surface area (Å²) in [6.07, 6.45) is 0. The number of amides is 4. The quantitative estimate of drug-likeness (QED) is 0.831. The SMILES string of the molecule is CNC(=O)N(C)C(=O)Nc1cc(C(C)(C)C)ccc1F. The van der Waals surface area contributed by atoms with Crippen LogP contribution in [0, 0.1) is 5.82 Å². The Morgan fingerprint density at radius 1 is 1.20 bits per heavy atom. The Morgan fingerprint density at radius 3 is 2.30 bits per heavy atom. The number of nitrogens with one attached hydrogen (secondary N) is 2. The number of rotatable bonds is 1. The number of carbonyl (C=O) groups is 2. The third-order valence-electron chi connectivity index (χ3n) is 2.90. The molecule has 1 rings (SSSR count). The summed E-state index contributed by atoms with van der Waals surface area (Å²) in [5, 5.41) is 4.70. The second kappa shape index (κ2) is 5.90. The molecule has 0 aromatic heterocycles. The number of anilines is 1. The number of benzene rings is 1. The van der Waals surface area contributed by atoms with Crippen LogP contribution in [0.4, 0.5) is 19.7 Å². The van der Waals surface area contributed by atoms with Crippen LogP contribution in [0.25, 0.3) is 0 Å². The first-order valence-corrected chi connectivity index (χ1v) is 6.23. The highest BCUT2D eigenvalue weighted by atomic mass is 19.1. The van der Waals surface area contributed by atoms with Crippen LogP contribution < -0.4 is 10.6 Å². The van der Waals surface area contributed by atoms with Gasteiger partial charge in [0, 0.05) is 14.1 Å². The third-order valence-corrected chi connectivity index (χ3v) is 2.90. The van der Waals surface area contributed by atoms with E-state index < -0.39 is 17.9 Å². The number of imide groups is 1. The summed E-state index contributed by atoms with van der Waals surface area (Å²) in [6, 6.07) is 3.28. The first-order valence-electron chi connectivity index (χ1n) is 6.23. The van der Waals surface area contributed by atoms with E-state index in [2.05, 4.69) is 10.6 Å². The zero-order valence-corrected chi connectivity index (χ0v) is 12.4. The van der Waals surface area contributed by atoms with Crippen molar-refractivity contribution in [3.05, 3.63) is 29.6 Å². The zero-order valence-electron chi connectivity index (χ0n) is 12.4. The van der Waals surface area contributed by atoms with Gasteiger partial charge in [0.2, 0.25) is 0 Å². The Hall–Kier alpha value is -2.11. The fraction of sp³-hybridized carbons (Fsp3) is 0.429. The summed E-state index contributed by atoms with van der Waals surface area (Å²) < 4.78 is 13.7.